The maximum absolute atomic E-state index is 12.4. The van der Waals surface area contributed by atoms with Gasteiger partial charge in [0, 0.05) is 30.7 Å². The van der Waals surface area contributed by atoms with E-state index in [4.69, 9.17) is 0 Å². The van der Waals surface area contributed by atoms with Gasteiger partial charge < -0.3 is 10.6 Å². The van der Waals surface area contributed by atoms with Gasteiger partial charge in [0.2, 0.25) is 5.91 Å². The predicted octanol–water partition coefficient (Wildman–Crippen LogP) is 1.36. The zero-order valence-corrected chi connectivity index (χ0v) is 13.9. The van der Waals surface area contributed by atoms with Crippen LogP contribution in [-0.4, -0.2) is 44.0 Å². The third kappa shape index (κ3) is 3.34. The number of nitrogens with zero attached hydrogens (tertiary/aromatic N) is 5. The van der Waals surface area contributed by atoms with Gasteiger partial charge >= 0.3 is 0 Å². The SMILES string of the molecule is Cn1cc(-c2cnc3cnc(NC(=O)[C@@H]4CCCNC4)cc3c2)nn1. The van der Waals surface area contributed by atoms with E-state index >= 15 is 0 Å². The largest absolute Gasteiger partial charge is 0.316 e. The van der Waals surface area contributed by atoms with Crippen LogP contribution in [0.3, 0.4) is 0 Å². The van der Waals surface area contributed by atoms with E-state index in [1.54, 1.807) is 17.1 Å². The Labute approximate surface area is 144 Å². The highest BCUT2D eigenvalue weighted by Gasteiger charge is 2.21. The average molecular weight is 337 g/mol. The fourth-order valence-corrected chi connectivity index (χ4v) is 3.02. The minimum atomic E-state index is -0.00435. The quantitative estimate of drug-likeness (QED) is 0.749. The summed E-state index contributed by atoms with van der Waals surface area (Å²) in [4.78, 5) is 21.1. The first-order valence-corrected chi connectivity index (χ1v) is 8.33. The lowest BCUT2D eigenvalue weighted by atomic mass is 9.99. The Morgan fingerprint density at radius 2 is 2.24 bits per heavy atom. The van der Waals surface area contributed by atoms with E-state index in [0.29, 0.717) is 5.82 Å². The summed E-state index contributed by atoms with van der Waals surface area (Å²) in [6, 6.07) is 3.82. The number of anilines is 1. The topological polar surface area (TPSA) is 97.6 Å². The standard InChI is InChI=1S/C17H19N7O/c1-24-10-15(22-23-24)13-5-12-6-16(20-9-14(12)19-8-13)21-17(25)11-3-2-4-18-7-11/h5-6,8-11,18H,2-4,7H2,1H3,(H,20,21,25)/t11-/m1/s1. The van der Waals surface area contributed by atoms with Gasteiger partial charge in [0.25, 0.3) is 0 Å². The third-order valence-corrected chi connectivity index (χ3v) is 4.38. The number of hydrogen-bond acceptors (Lipinski definition) is 6. The molecule has 3 aromatic heterocycles. The van der Waals surface area contributed by atoms with Crippen LogP contribution in [0.1, 0.15) is 12.8 Å². The van der Waals surface area contributed by atoms with Crippen LogP contribution in [0.15, 0.2) is 30.7 Å². The smallest absolute Gasteiger partial charge is 0.229 e. The van der Waals surface area contributed by atoms with Crippen LogP contribution in [0.2, 0.25) is 0 Å². The van der Waals surface area contributed by atoms with Crippen molar-refractivity contribution in [3.63, 3.8) is 0 Å². The van der Waals surface area contributed by atoms with Gasteiger partial charge in [-0.3, -0.25) is 14.5 Å². The van der Waals surface area contributed by atoms with Gasteiger partial charge in [-0.05, 0) is 31.5 Å². The summed E-state index contributed by atoms with van der Waals surface area (Å²) in [7, 11) is 1.82. The van der Waals surface area contributed by atoms with Crippen LogP contribution in [0.25, 0.3) is 22.2 Å². The van der Waals surface area contributed by atoms with Crippen molar-refractivity contribution in [2.75, 3.05) is 18.4 Å². The van der Waals surface area contributed by atoms with Gasteiger partial charge in [-0.25, -0.2) is 4.98 Å². The number of carbonyl (C=O) groups is 1. The highest BCUT2D eigenvalue weighted by Crippen LogP contribution is 2.22. The summed E-state index contributed by atoms with van der Waals surface area (Å²) in [6.45, 7) is 1.70. The highest BCUT2D eigenvalue weighted by atomic mass is 16.2. The van der Waals surface area contributed by atoms with Crippen LogP contribution < -0.4 is 10.6 Å². The first-order valence-electron chi connectivity index (χ1n) is 8.33. The Bertz CT molecular complexity index is 914. The highest BCUT2D eigenvalue weighted by molar-refractivity contribution is 5.94. The molecule has 1 amide bonds. The molecule has 0 radical (unpaired) electrons. The van der Waals surface area contributed by atoms with Gasteiger partial charge in [-0.2, -0.15) is 0 Å². The summed E-state index contributed by atoms with van der Waals surface area (Å²) >= 11 is 0. The lowest BCUT2D eigenvalue weighted by Crippen LogP contribution is -2.37. The summed E-state index contributed by atoms with van der Waals surface area (Å²) in [5, 5.41) is 15.1. The molecule has 8 nitrogen and oxygen atoms in total. The molecule has 0 spiro atoms. The molecule has 0 unspecified atom stereocenters. The molecule has 1 aliphatic heterocycles. The molecular weight excluding hydrogens is 318 g/mol. The second-order valence-corrected chi connectivity index (χ2v) is 6.30. The zero-order valence-electron chi connectivity index (χ0n) is 13.9. The second-order valence-electron chi connectivity index (χ2n) is 6.30. The van der Waals surface area contributed by atoms with Gasteiger partial charge in [0.1, 0.15) is 11.5 Å². The molecule has 0 saturated carbocycles. The van der Waals surface area contributed by atoms with E-state index in [1.807, 2.05) is 25.4 Å². The first kappa shape index (κ1) is 15.6. The predicted molar refractivity (Wildman–Crippen MR) is 93.8 cm³/mol. The number of rotatable bonds is 3. The molecule has 1 atom stereocenters. The zero-order chi connectivity index (χ0) is 17.2. The summed E-state index contributed by atoms with van der Waals surface area (Å²) in [5.41, 5.74) is 2.40. The monoisotopic (exact) mass is 337 g/mol. The number of hydrogen-bond donors (Lipinski definition) is 2. The Kier molecular flexibility index (Phi) is 4.10. The van der Waals surface area contributed by atoms with Crippen LogP contribution >= 0.6 is 0 Å². The minimum absolute atomic E-state index is 0.00435. The van der Waals surface area contributed by atoms with Crippen molar-refractivity contribution in [1.82, 2.24) is 30.3 Å². The number of aryl methyl sites for hydroxylation is 1. The molecule has 128 valence electrons. The molecule has 8 heteroatoms. The molecule has 0 bridgehead atoms. The maximum Gasteiger partial charge on any atom is 0.229 e. The Balaban J connectivity index is 1.59. The molecule has 0 aliphatic carbocycles. The fourth-order valence-electron chi connectivity index (χ4n) is 3.02. The van der Waals surface area contributed by atoms with Gasteiger partial charge in [-0.15, -0.1) is 5.10 Å². The molecule has 4 rings (SSSR count). The van der Waals surface area contributed by atoms with E-state index in [2.05, 4.69) is 30.9 Å². The molecule has 25 heavy (non-hydrogen) atoms. The summed E-state index contributed by atoms with van der Waals surface area (Å²) in [6.07, 6.45) is 7.19. The van der Waals surface area contributed by atoms with Crippen LogP contribution in [0.4, 0.5) is 5.82 Å². The number of piperidine rings is 1. The van der Waals surface area contributed by atoms with Crippen molar-refractivity contribution in [2.45, 2.75) is 12.8 Å². The van der Waals surface area contributed by atoms with Crippen LogP contribution in [-0.2, 0) is 11.8 Å². The van der Waals surface area contributed by atoms with Gasteiger partial charge in [0.05, 0.1) is 23.8 Å². The summed E-state index contributed by atoms with van der Waals surface area (Å²) in [5.74, 6) is 0.550. The van der Waals surface area contributed by atoms with Crippen molar-refractivity contribution >= 4 is 22.6 Å². The Morgan fingerprint density at radius 3 is 3.00 bits per heavy atom. The summed E-state index contributed by atoms with van der Waals surface area (Å²) < 4.78 is 1.65. The lowest BCUT2D eigenvalue weighted by molar-refractivity contribution is -0.120. The Morgan fingerprint density at radius 1 is 1.32 bits per heavy atom. The van der Waals surface area contributed by atoms with E-state index in [9.17, 15) is 4.79 Å². The maximum atomic E-state index is 12.4. The fraction of sp³-hybridized carbons (Fsp3) is 0.353. The molecule has 1 fully saturated rings. The van der Waals surface area contributed by atoms with E-state index in [-0.39, 0.29) is 11.8 Å². The molecular formula is C17H19N7O. The number of aromatic nitrogens is 5. The van der Waals surface area contributed by atoms with Crippen molar-refractivity contribution in [1.29, 1.82) is 0 Å². The number of pyridine rings is 2. The molecule has 2 N–H and O–H groups in total. The van der Waals surface area contributed by atoms with Crippen LogP contribution in [0, 0.1) is 5.92 Å². The number of carbonyl (C=O) groups excluding carboxylic acids is 1. The second kappa shape index (κ2) is 6.56. The van der Waals surface area contributed by atoms with E-state index in [1.165, 1.54) is 0 Å². The van der Waals surface area contributed by atoms with Gasteiger partial charge in [-0.1, -0.05) is 5.21 Å². The third-order valence-electron chi connectivity index (χ3n) is 4.38. The minimum Gasteiger partial charge on any atom is -0.316 e. The molecule has 1 saturated heterocycles. The number of nitrogens with one attached hydrogen (secondary N) is 2. The van der Waals surface area contributed by atoms with E-state index in [0.717, 1.165) is 48.1 Å². The van der Waals surface area contributed by atoms with Crippen LogP contribution in [0.5, 0.6) is 0 Å². The van der Waals surface area contributed by atoms with Gasteiger partial charge in [0.15, 0.2) is 0 Å². The Hall–Kier alpha value is -2.87. The molecule has 1 aliphatic rings. The van der Waals surface area contributed by atoms with Crippen molar-refractivity contribution < 1.29 is 4.79 Å². The number of fused-ring (bicyclic) bond motifs is 1. The first-order chi connectivity index (χ1) is 12.2. The normalized spacial score (nSPS) is 17.6. The average Bonchev–Trinajstić information content (AvgIpc) is 3.08. The van der Waals surface area contributed by atoms with E-state index < -0.39 is 0 Å². The molecule has 4 heterocycles. The lowest BCUT2D eigenvalue weighted by Gasteiger charge is -2.21. The van der Waals surface area contributed by atoms with Crippen molar-refractivity contribution in [2.24, 2.45) is 13.0 Å². The molecule has 0 aromatic carbocycles. The van der Waals surface area contributed by atoms with Crippen molar-refractivity contribution in [3.8, 4) is 11.3 Å². The van der Waals surface area contributed by atoms with Crippen molar-refractivity contribution in [3.05, 3.63) is 30.7 Å². The number of amides is 1. The molecule has 3 aromatic rings.